The molecule has 1 fully saturated rings. The van der Waals surface area contributed by atoms with Crippen LogP contribution in [0, 0.1) is 0 Å². The van der Waals surface area contributed by atoms with Crippen molar-refractivity contribution in [2.24, 2.45) is 0 Å². The molecule has 230 valence electrons. The van der Waals surface area contributed by atoms with Gasteiger partial charge in [-0.1, -0.05) is 110 Å². The first-order chi connectivity index (χ1) is 20.7. The highest BCUT2D eigenvalue weighted by Crippen LogP contribution is 2.49. The number of thioether (sulfide) groups is 1. The Balaban J connectivity index is 1.63. The Bertz CT molecular complexity index is 1190. The van der Waals surface area contributed by atoms with Gasteiger partial charge in [-0.05, 0) is 56.7 Å². The Morgan fingerprint density at radius 1 is 0.814 bits per heavy atom. The van der Waals surface area contributed by atoms with E-state index in [9.17, 15) is 9.59 Å². The van der Waals surface area contributed by atoms with Crippen LogP contribution >= 0.6 is 11.8 Å². The van der Waals surface area contributed by atoms with Gasteiger partial charge in [-0.15, -0.1) is 11.8 Å². The summed E-state index contributed by atoms with van der Waals surface area (Å²) in [5, 5.41) is 6.71. The van der Waals surface area contributed by atoms with E-state index in [0.717, 1.165) is 42.4 Å². The molecule has 43 heavy (non-hydrogen) atoms. The summed E-state index contributed by atoms with van der Waals surface area (Å²) < 4.78 is 10.3. The summed E-state index contributed by atoms with van der Waals surface area (Å²) in [4.78, 5) is 25.8. The monoisotopic (exact) mass is 602 g/mol. The van der Waals surface area contributed by atoms with E-state index in [1.807, 2.05) is 39.0 Å². The average molecular weight is 603 g/mol. The van der Waals surface area contributed by atoms with Gasteiger partial charge < -0.3 is 14.8 Å². The molecule has 0 heterocycles. The van der Waals surface area contributed by atoms with Crippen molar-refractivity contribution >= 4 is 23.8 Å². The number of benzene rings is 3. The van der Waals surface area contributed by atoms with Gasteiger partial charge in [0.1, 0.15) is 11.6 Å². The minimum absolute atomic E-state index is 0.277. The van der Waals surface area contributed by atoms with E-state index in [4.69, 9.17) is 9.47 Å². The minimum Gasteiger partial charge on any atom is -0.468 e. The number of carbonyl (C=O) groups excluding carboxylic acids is 2. The number of ether oxygens (including phenoxy) is 2. The number of hydrogen-bond acceptors (Lipinski definition) is 6. The standard InChI is InChI=1S/C36H46N2O4S/c1-34(2,3)42-33(40)37-26-25-35(23-15-8-16-24-35)38-31(32(39)41-4)27-43-36(28-17-9-5-10-18-28,29-19-11-6-12-20-29)30-21-13-7-14-22-30/h5-7,9-14,17-22,31,38H,8,15-16,23-27H2,1-4H3,(H,37,40). The Morgan fingerprint density at radius 3 is 1.74 bits per heavy atom. The predicted octanol–water partition coefficient (Wildman–Crippen LogP) is 7.46. The molecule has 3 aromatic carbocycles. The summed E-state index contributed by atoms with van der Waals surface area (Å²) >= 11 is 1.75. The third-order valence-corrected chi connectivity index (χ3v) is 9.70. The lowest BCUT2D eigenvalue weighted by molar-refractivity contribution is -0.143. The smallest absolute Gasteiger partial charge is 0.407 e. The molecule has 4 rings (SSSR count). The van der Waals surface area contributed by atoms with Crippen molar-refractivity contribution in [3.8, 4) is 0 Å². The Kier molecular flexibility index (Phi) is 11.3. The van der Waals surface area contributed by atoms with Crippen LogP contribution in [0.2, 0.25) is 0 Å². The van der Waals surface area contributed by atoms with E-state index in [0.29, 0.717) is 18.7 Å². The van der Waals surface area contributed by atoms with Gasteiger partial charge in [0, 0.05) is 17.8 Å². The topological polar surface area (TPSA) is 76.7 Å². The minimum atomic E-state index is -0.555. The summed E-state index contributed by atoms with van der Waals surface area (Å²) in [7, 11) is 1.46. The maximum Gasteiger partial charge on any atom is 0.407 e. The first kappa shape index (κ1) is 32.6. The van der Waals surface area contributed by atoms with E-state index < -0.39 is 22.5 Å². The van der Waals surface area contributed by atoms with Crippen LogP contribution < -0.4 is 10.6 Å². The Morgan fingerprint density at radius 2 is 1.30 bits per heavy atom. The number of alkyl carbamates (subject to hydrolysis) is 1. The van der Waals surface area contributed by atoms with Crippen LogP contribution in [-0.4, -0.2) is 48.7 Å². The molecule has 2 N–H and O–H groups in total. The van der Waals surface area contributed by atoms with Crippen molar-refractivity contribution in [3.05, 3.63) is 108 Å². The largest absolute Gasteiger partial charge is 0.468 e. The zero-order chi connectivity index (χ0) is 30.8. The maximum absolute atomic E-state index is 13.4. The second-order valence-corrected chi connectivity index (χ2v) is 13.6. The van der Waals surface area contributed by atoms with E-state index in [-0.39, 0.29) is 11.5 Å². The van der Waals surface area contributed by atoms with Crippen LogP contribution in [0.15, 0.2) is 91.0 Å². The molecule has 7 heteroatoms. The molecule has 1 aliphatic carbocycles. The van der Waals surface area contributed by atoms with Gasteiger partial charge in [0.25, 0.3) is 0 Å². The van der Waals surface area contributed by atoms with Gasteiger partial charge in [-0.25, -0.2) is 4.79 Å². The van der Waals surface area contributed by atoms with Crippen LogP contribution in [0.25, 0.3) is 0 Å². The highest BCUT2D eigenvalue weighted by atomic mass is 32.2. The quantitative estimate of drug-likeness (QED) is 0.166. The van der Waals surface area contributed by atoms with Gasteiger partial charge in [0.05, 0.1) is 11.9 Å². The third kappa shape index (κ3) is 8.64. The molecular formula is C36H46N2O4S. The van der Waals surface area contributed by atoms with Crippen molar-refractivity contribution in [1.82, 2.24) is 10.6 Å². The first-order valence-corrected chi connectivity index (χ1v) is 16.3. The Labute approximate surface area is 261 Å². The van der Waals surface area contributed by atoms with Gasteiger partial charge in [0.2, 0.25) is 0 Å². The second kappa shape index (κ2) is 14.9. The summed E-state index contributed by atoms with van der Waals surface area (Å²) in [6.07, 6.45) is 5.46. The van der Waals surface area contributed by atoms with Gasteiger partial charge >= 0.3 is 12.1 Å². The summed E-state index contributed by atoms with van der Waals surface area (Å²) in [5.74, 6) is 0.215. The lowest BCUT2D eigenvalue weighted by Gasteiger charge is -2.42. The van der Waals surface area contributed by atoms with Crippen LogP contribution in [0.4, 0.5) is 4.79 Å². The predicted molar refractivity (Wildman–Crippen MR) is 175 cm³/mol. The molecule has 0 radical (unpaired) electrons. The number of hydrogen-bond donors (Lipinski definition) is 2. The van der Waals surface area contributed by atoms with Gasteiger partial charge in [0.15, 0.2) is 0 Å². The first-order valence-electron chi connectivity index (χ1n) is 15.3. The number of amides is 1. The van der Waals surface area contributed by atoms with Crippen LogP contribution in [0.1, 0.15) is 76.0 Å². The van der Waals surface area contributed by atoms with Crippen molar-refractivity contribution in [2.45, 2.75) is 81.2 Å². The van der Waals surface area contributed by atoms with E-state index in [2.05, 4.69) is 83.4 Å². The highest BCUT2D eigenvalue weighted by molar-refractivity contribution is 8.00. The van der Waals surface area contributed by atoms with Crippen LogP contribution in [0.5, 0.6) is 0 Å². The third-order valence-electron chi connectivity index (χ3n) is 8.06. The molecule has 1 atom stereocenters. The molecule has 1 amide bonds. The molecule has 0 aliphatic heterocycles. The fraction of sp³-hybridized carbons (Fsp3) is 0.444. The molecule has 3 aromatic rings. The van der Waals surface area contributed by atoms with E-state index >= 15 is 0 Å². The molecule has 0 aromatic heterocycles. The van der Waals surface area contributed by atoms with Crippen LogP contribution in [0.3, 0.4) is 0 Å². The fourth-order valence-electron chi connectivity index (χ4n) is 6.07. The number of esters is 1. The summed E-state index contributed by atoms with van der Waals surface area (Å²) in [6.45, 7) is 6.03. The summed E-state index contributed by atoms with van der Waals surface area (Å²) in [6, 6.07) is 31.0. The second-order valence-electron chi connectivity index (χ2n) is 12.3. The number of methoxy groups -OCH3 is 1. The zero-order valence-corrected chi connectivity index (χ0v) is 26.8. The zero-order valence-electron chi connectivity index (χ0n) is 25.9. The number of nitrogens with one attached hydrogen (secondary N) is 2. The van der Waals surface area contributed by atoms with Gasteiger partial charge in [-0.3, -0.25) is 10.1 Å². The van der Waals surface area contributed by atoms with Crippen molar-refractivity contribution in [1.29, 1.82) is 0 Å². The normalized spacial score (nSPS) is 15.7. The van der Waals surface area contributed by atoms with Crippen LogP contribution in [-0.2, 0) is 19.0 Å². The Hall–Kier alpha value is -3.29. The van der Waals surface area contributed by atoms with Crippen molar-refractivity contribution in [3.63, 3.8) is 0 Å². The molecule has 1 aliphatic rings. The highest BCUT2D eigenvalue weighted by Gasteiger charge is 2.41. The van der Waals surface area contributed by atoms with E-state index in [1.165, 1.54) is 13.5 Å². The molecule has 1 unspecified atom stereocenters. The van der Waals surface area contributed by atoms with Crippen molar-refractivity contribution in [2.75, 3.05) is 19.4 Å². The fourth-order valence-corrected chi connectivity index (χ4v) is 7.61. The van der Waals surface area contributed by atoms with Gasteiger partial charge in [-0.2, -0.15) is 0 Å². The van der Waals surface area contributed by atoms with E-state index in [1.54, 1.807) is 11.8 Å². The maximum atomic E-state index is 13.4. The average Bonchev–Trinajstić information content (AvgIpc) is 3.01. The summed E-state index contributed by atoms with van der Waals surface area (Å²) in [5.41, 5.74) is 2.60. The lowest BCUT2D eigenvalue weighted by Crippen LogP contribution is -2.56. The molecule has 1 saturated carbocycles. The number of carbonyl (C=O) groups is 2. The molecule has 0 saturated heterocycles. The van der Waals surface area contributed by atoms with Crippen molar-refractivity contribution < 1.29 is 19.1 Å². The SMILES string of the molecule is COC(=O)C(CSC(c1ccccc1)(c1ccccc1)c1ccccc1)NC1(CCNC(=O)OC(C)(C)C)CCCCC1. The molecule has 0 bridgehead atoms. The molecule has 0 spiro atoms. The number of rotatable bonds is 12. The molecular weight excluding hydrogens is 556 g/mol. The lowest BCUT2D eigenvalue weighted by atomic mass is 9.78. The molecule has 6 nitrogen and oxygen atoms in total.